The Balaban J connectivity index is 2.01. The Labute approximate surface area is 127 Å². The zero-order valence-electron chi connectivity index (χ0n) is 13.4. The Morgan fingerprint density at radius 3 is 2.71 bits per heavy atom. The van der Waals surface area contributed by atoms with Gasteiger partial charge in [0.25, 0.3) is 0 Å². The molecule has 0 spiro atoms. The van der Waals surface area contributed by atoms with E-state index in [1.54, 1.807) is 0 Å². The van der Waals surface area contributed by atoms with Gasteiger partial charge >= 0.3 is 0 Å². The van der Waals surface area contributed by atoms with E-state index in [1.165, 1.54) is 32.1 Å². The van der Waals surface area contributed by atoms with E-state index in [9.17, 15) is 0 Å². The molecule has 0 amide bonds. The lowest BCUT2D eigenvalue weighted by Gasteiger charge is -2.27. The van der Waals surface area contributed by atoms with Crippen LogP contribution in [0.2, 0.25) is 0 Å². The molecule has 0 bridgehead atoms. The van der Waals surface area contributed by atoms with Crippen LogP contribution >= 0.6 is 0 Å². The second-order valence-corrected chi connectivity index (χ2v) is 6.07. The second kappa shape index (κ2) is 8.49. The highest BCUT2D eigenvalue weighted by Crippen LogP contribution is 2.35. The number of rotatable bonds is 8. The second-order valence-electron chi connectivity index (χ2n) is 6.07. The molecular weight excluding hydrogens is 266 g/mol. The summed E-state index contributed by atoms with van der Waals surface area (Å²) in [6.07, 6.45) is 8.98. The quantitative estimate of drug-likeness (QED) is 0.795. The molecule has 0 saturated heterocycles. The molecule has 2 N–H and O–H groups in total. The highest BCUT2D eigenvalue weighted by molar-refractivity contribution is 4.96. The van der Waals surface area contributed by atoms with Crippen molar-refractivity contribution in [2.45, 2.75) is 77.4 Å². The lowest BCUT2D eigenvalue weighted by Crippen LogP contribution is -2.23. The number of hydrogen-bond donors (Lipinski definition) is 1. The van der Waals surface area contributed by atoms with Gasteiger partial charge in [0, 0.05) is 19.1 Å². The summed E-state index contributed by atoms with van der Waals surface area (Å²) in [6, 6.07) is 0.100. The van der Waals surface area contributed by atoms with Crippen molar-refractivity contribution < 1.29 is 9.26 Å². The van der Waals surface area contributed by atoms with Crippen LogP contribution in [0.15, 0.2) is 4.52 Å². The molecule has 2 unspecified atom stereocenters. The number of ether oxygens (including phenoxy) is 1. The fraction of sp³-hybridized carbons (Fsp3) is 0.875. The van der Waals surface area contributed by atoms with Crippen LogP contribution in [0.1, 0.15) is 76.6 Å². The number of nitrogens with zero attached hydrogens (tertiary/aromatic N) is 2. The van der Waals surface area contributed by atoms with Crippen LogP contribution in [0.4, 0.5) is 0 Å². The first kappa shape index (κ1) is 16.4. The minimum atomic E-state index is -0.0183. The summed E-state index contributed by atoms with van der Waals surface area (Å²) in [5.41, 5.74) is 6.04. The Kier molecular flexibility index (Phi) is 6.64. The van der Waals surface area contributed by atoms with Crippen LogP contribution in [-0.2, 0) is 11.2 Å². The summed E-state index contributed by atoms with van der Waals surface area (Å²) < 4.78 is 11.3. The molecule has 0 aromatic carbocycles. The van der Waals surface area contributed by atoms with Crippen LogP contribution in [0.25, 0.3) is 0 Å². The third-order valence-corrected chi connectivity index (χ3v) is 4.26. The van der Waals surface area contributed by atoms with Gasteiger partial charge in [-0.2, -0.15) is 4.98 Å². The van der Waals surface area contributed by atoms with E-state index in [1.807, 2.05) is 6.92 Å². The molecule has 21 heavy (non-hydrogen) atoms. The van der Waals surface area contributed by atoms with E-state index in [0.717, 1.165) is 12.8 Å². The lowest BCUT2D eigenvalue weighted by atomic mass is 9.85. The summed E-state index contributed by atoms with van der Waals surface area (Å²) in [5.74, 6) is 1.88. The fourth-order valence-electron chi connectivity index (χ4n) is 3.20. The van der Waals surface area contributed by atoms with Crippen LogP contribution < -0.4 is 5.73 Å². The molecule has 1 aromatic rings. The van der Waals surface area contributed by atoms with Crippen molar-refractivity contribution in [3.63, 3.8) is 0 Å². The van der Waals surface area contributed by atoms with Gasteiger partial charge in [-0.1, -0.05) is 37.8 Å². The van der Waals surface area contributed by atoms with Crippen molar-refractivity contribution in [1.29, 1.82) is 0 Å². The highest BCUT2D eigenvalue weighted by Gasteiger charge is 2.29. The first-order valence-electron chi connectivity index (χ1n) is 8.44. The van der Waals surface area contributed by atoms with Gasteiger partial charge in [-0.05, 0) is 32.1 Å². The van der Waals surface area contributed by atoms with E-state index in [2.05, 4.69) is 17.1 Å². The Bertz CT molecular complexity index is 402. The standard InChI is InChI=1S/C16H29N3O2/c1-3-8-13(17)11-14-18-16(19-21-14)15(20-4-2)12-9-6-5-7-10-12/h12-13,15H,3-11,17H2,1-2H3. The zero-order valence-corrected chi connectivity index (χ0v) is 13.4. The maximum atomic E-state index is 6.04. The minimum absolute atomic E-state index is 0.0183. The molecular formula is C16H29N3O2. The summed E-state index contributed by atoms with van der Waals surface area (Å²) in [7, 11) is 0. The molecule has 0 radical (unpaired) electrons. The first-order valence-corrected chi connectivity index (χ1v) is 8.44. The third kappa shape index (κ3) is 4.78. The summed E-state index contributed by atoms with van der Waals surface area (Å²) in [6.45, 7) is 4.83. The van der Waals surface area contributed by atoms with E-state index >= 15 is 0 Å². The monoisotopic (exact) mass is 295 g/mol. The molecule has 1 aliphatic rings. The van der Waals surface area contributed by atoms with Crippen LogP contribution in [-0.4, -0.2) is 22.8 Å². The Morgan fingerprint density at radius 2 is 2.05 bits per heavy atom. The SMILES string of the molecule is CCCC(N)Cc1nc(C(OCC)C2CCCCC2)no1. The lowest BCUT2D eigenvalue weighted by molar-refractivity contribution is -0.00145. The molecule has 5 heteroatoms. The molecule has 1 heterocycles. The van der Waals surface area contributed by atoms with Gasteiger partial charge < -0.3 is 15.0 Å². The average Bonchev–Trinajstić information content (AvgIpc) is 2.94. The van der Waals surface area contributed by atoms with Crippen molar-refractivity contribution in [3.8, 4) is 0 Å². The normalized spacial score (nSPS) is 19.6. The van der Waals surface area contributed by atoms with Crippen LogP contribution in [0, 0.1) is 5.92 Å². The van der Waals surface area contributed by atoms with Crippen molar-refractivity contribution in [3.05, 3.63) is 11.7 Å². The Morgan fingerprint density at radius 1 is 1.29 bits per heavy atom. The molecule has 1 aliphatic carbocycles. The highest BCUT2D eigenvalue weighted by atomic mass is 16.5. The predicted octanol–water partition coefficient (Wildman–Crippen LogP) is 3.40. The number of aromatic nitrogens is 2. The van der Waals surface area contributed by atoms with Crippen molar-refractivity contribution >= 4 is 0 Å². The topological polar surface area (TPSA) is 74.2 Å². The van der Waals surface area contributed by atoms with Gasteiger partial charge in [0.05, 0.1) is 0 Å². The molecule has 120 valence electrons. The number of nitrogens with two attached hydrogens (primary N) is 1. The molecule has 1 saturated carbocycles. The first-order chi connectivity index (χ1) is 10.2. The van der Waals surface area contributed by atoms with Gasteiger partial charge in [-0.25, -0.2) is 0 Å². The molecule has 1 aromatic heterocycles. The maximum Gasteiger partial charge on any atom is 0.228 e. The van der Waals surface area contributed by atoms with Crippen molar-refractivity contribution in [1.82, 2.24) is 10.1 Å². The zero-order chi connectivity index (χ0) is 15.1. The van der Waals surface area contributed by atoms with Gasteiger partial charge in [-0.3, -0.25) is 0 Å². The smallest absolute Gasteiger partial charge is 0.228 e. The van der Waals surface area contributed by atoms with Gasteiger partial charge in [0.15, 0.2) is 0 Å². The van der Waals surface area contributed by atoms with E-state index in [4.69, 9.17) is 15.0 Å². The maximum absolute atomic E-state index is 6.04. The van der Waals surface area contributed by atoms with E-state index in [-0.39, 0.29) is 12.1 Å². The van der Waals surface area contributed by atoms with Crippen LogP contribution in [0.5, 0.6) is 0 Å². The van der Waals surface area contributed by atoms with Crippen molar-refractivity contribution in [2.24, 2.45) is 11.7 Å². The summed E-state index contributed by atoms with van der Waals surface area (Å²) in [4.78, 5) is 4.54. The summed E-state index contributed by atoms with van der Waals surface area (Å²) in [5, 5.41) is 4.16. The molecule has 5 nitrogen and oxygen atoms in total. The third-order valence-electron chi connectivity index (χ3n) is 4.26. The minimum Gasteiger partial charge on any atom is -0.370 e. The van der Waals surface area contributed by atoms with Gasteiger partial charge in [0.1, 0.15) is 6.10 Å². The van der Waals surface area contributed by atoms with E-state index in [0.29, 0.717) is 30.7 Å². The molecule has 1 fully saturated rings. The fourth-order valence-corrected chi connectivity index (χ4v) is 3.20. The van der Waals surface area contributed by atoms with Gasteiger partial charge in [0.2, 0.25) is 11.7 Å². The number of hydrogen-bond acceptors (Lipinski definition) is 5. The van der Waals surface area contributed by atoms with Crippen molar-refractivity contribution in [2.75, 3.05) is 6.61 Å². The average molecular weight is 295 g/mol. The summed E-state index contributed by atoms with van der Waals surface area (Å²) >= 11 is 0. The molecule has 0 aliphatic heterocycles. The predicted molar refractivity (Wildman–Crippen MR) is 81.8 cm³/mol. The molecule has 2 atom stereocenters. The van der Waals surface area contributed by atoms with Gasteiger partial charge in [-0.15, -0.1) is 0 Å². The molecule has 2 rings (SSSR count). The Hall–Kier alpha value is -0.940. The largest absolute Gasteiger partial charge is 0.370 e. The van der Waals surface area contributed by atoms with Crippen LogP contribution in [0.3, 0.4) is 0 Å². The van der Waals surface area contributed by atoms with E-state index < -0.39 is 0 Å².